The first kappa shape index (κ1) is 8.96. The smallest absolute Gasteiger partial charge is 0.211 e. The second-order valence-electron chi connectivity index (χ2n) is 2.89. The van der Waals surface area contributed by atoms with Crippen molar-refractivity contribution in [1.82, 2.24) is 0 Å². The molecule has 0 atom stereocenters. The summed E-state index contributed by atoms with van der Waals surface area (Å²) >= 11 is 0. The average Bonchev–Trinajstić information content (AvgIpc) is 2.60. The fraction of sp³-hybridized carbons (Fsp3) is 1.00. The van der Waals surface area contributed by atoms with E-state index in [-0.39, 0.29) is 12.4 Å². The van der Waals surface area contributed by atoms with Crippen LogP contribution in [0.25, 0.3) is 0 Å². The Morgan fingerprint density at radius 3 is 2.55 bits per heavy atom. The van der Waals surface area contributed by atoms with Crippen LogP contribution in [0, 0.1) is 5.92 Å². The number of hydrogen-bond acceptors (Lipinski definition) is 3. The maximum absolute atomic E-state index is 10.4. The molecule has 5 heteroatoms. The minimum Gasteiger partial charge on any atom is -0.380 e. The quantitative estimate of drug-likeness (QED) is 0.589. The van der Waals surface area contributed by atoms with Gasteiger partial charge in [-0.1, -0.05) is 0 Å². The van der Waals surface area contributed by atoms with E-state index >= 15 is 0 Å². The van der Waals surface area contributed by atoms with Gasteiger partial charge in [0.05, 0.1) is 12.4 Å². The van der Waals surface area contributed by atoms with Gasteiger partial charge in [-0.3, -0.25) is 0 Å². The molecule has 1 aliphatic rings. The van der Waals surface area contributed by atoms with E-state index in [1.54, 1.807) is 0 Å². The molecular formula is C6H13NO3S. The number of sulfonamides is 1. The fourth-order valence-corrected chi connectivity index (χ4v) is 1.06. The van der Waals surface area contributed by atoms with Crippen molar-refractivity contribution in [2.45, 2.75) is 12.8 Å². The minimum atomic E-state index is -3.33. The van der Waals surface area contributed by atoms with E-state index in [0.717, 1.165) is 0 Å². The van der Waals surface area contributed by atoms with Gasteiger partial charge in [0.2, 0.25) is 10.0 Å². The third-order valence-corrected chi connectivity index (χ3v) is 2.30. The van der Waals surface area contributed by atoms with Gasteiger partial charge in [0.1, 0.15) is 0 Å². The molecule has 0 heterocycles. The molecular weight excluding hydrogens is 166 g/mol. The highest BCUT2D eigenvalue weighted by Gasteiger charge is 2.21. The molecule has 0 spiro atoms. The van der Waals surface area contributed by atoms with Gasteiger partial charge in [-0.25, -0.2) is 13.6 Å². The molecule has 0 aromatic carbocycles. The van der Waals surface area contributed by atoms with E-state index in [0.29, 0.717) is 12.5 Å². The molecule has 0 unspecified atom stereocenters. The van der Waals surface area contributed by atoms with Gasteiger partial charge in [-0.2, -0.15) is 0 Å². The molecule has 0 radical (unpaired) electrons. The van der Waals surface area contributed by atoms with Crippen molar-refractivity contribution in [3.63, 3.8) is 0 Å². The third kappa shape index (κ3) is 5.17. The lowest BCUT2D eigenvalue weighted by molar-refractivity contribution is 0.138. The lowest BCUT2D eigenvalue weighted by Crippen LogP contribution is -2.20. The SMILES string of the molecule is NS(=O)(=O)CCOCC1CC1. The molecule has 2 N–H and O–H groups in total. The van der Waals surface area contributed by atoms with Crippen LogP contribution in [-0.2, 0) is 14.8 Å². The summed E-state index contributed by atoms with van der Waals surface area (Å²) in [5.74, 6) is 0.607. The Morgan fingerprint density at radius 1 is 1.45 bits per heavy atom. The van der Waals surface area contributed by atoms with Crippen LogP contribution < -0.4 is 5.14 Å². The number of primary sulfonamides is 1. The monoisotopic (exact) mass is 179 g/mol. The van der Waals surface area contributed by atoms with Crippen LogP contribution >= 0.6 is 0 Å². The van der Waals surface area contributed by atoms with Crippen molar-refractivity contribution in [3.8, 4) is 0 Å². The molecule has 0 amide bonds. The molecule has 0 aromatic rings. The summed E-state index contributed by atoms with van der Waals surface area (Å²) in [5, 5.41) is 4.76. The number of nitrogens with two attached hydrogens (primary N) is 1. The molecule has 1 saturated carbocycles. The van der Waals surface area contributed by atoms with Crippen molar-refractivity contribution >= 4 is 10.0 Å². The molecule has 0 aliphatic heterocycles. The van der Waals surface area contributed by atoms with Crippen molar-refractivity contribution in [2.24, 2.45) is 11.1 Å². The van der Waals surface area contributed by atoms with Gasteiger partial charge in [0.25, 0.3) is 0 Å². The van der Waals surface area contributed by atoms with Crippen molar-refractivity contribution in [1.29, 1.82) is 0 Å². The second-order valence-corrected chi connectivity index (χ2v) is 4.62. The summed E-state index contributed by atoms with van der Waals surface area (Å²) < 4.78 is 25.9. The van der Waals surface area contributed by atoms with Gasteiger partial charge >= 0.3 is 0 Å². The summed E-state index contributed by atoms with van der Waals surface area (Å²) in [5.41, 5.74) is 0. The zero-order chi connectivity index (χ0) is 8.32. The number of rotatable bonds is 5. The summed E-state index contributed by atoms with van der Waals surface area (Å²) in [7, 11) is -3.33. The second kappa shape index (κ2) is 3.51. The third-order valence-electron chi connectivity index (χ3n) is 1.56. The Balaban J connectivity index is 1.95. The molecule has 0 bridgehead atoms. The molecule has 1 rings (SSSR count). The Kier molecular flexibility index (Phi) is 2.86. The fourth-order valence-electron chi connectivity index (χ4n) is 0.710. The van der Waals surface area contributed by atoms with Crippen LogP contribution in [0.15, 0.2) is 0 Å². The molecule has 66 valence electrons. The first-order valence-corrected chi connectivity index (χ1v) is 5.38. The first-order valence-electron chi connectivity index (χ1n) is 3.66. The summed E-state index contributed by atoms with van der Waals surface area (Å²) in [6.45, 7) is 0.921. The van der Waals surface area contributed by atoms with E-state index in [2.05, 4.69) is 0 Å². The number of ether oxygens (including phenoxy) is 1. The minimum absolute atomic E-state index is 0.0697. The first-order chi connectivity index (χ1) is 5.08. The summed E-state index contributed by atoms with van der Waals surface area (Å²) in [6, 6.07) is 0. The normalized spacial score (nSPS) is 18.6. The lowest BCUT2D eigenvalue weighted by atomic mass is 10.5. The van der Waals surface area contributed by atoms with Gasteiger partial charge < -0.3 is 4.74 Å². The summed E-state index contributed by atoms with van der Waals surface area (Å²) in [6.07, 6.45) is 2.44. The van der Waals surface area contributed by atoms with Crippen LogP contribution in [0.1, 0.15) is 12.8 Å². The van der Waals surface area contributed by atoms with E-state index in [9.17, 15) is 8.42 Å². The van der Waals surface area contributed by atoms with Gasteiger partial charge in [0, 0.05) is 6.61 Å². The largest absolute Gasteiger partial charge is 0.380 e. The Hall–Kier alpha value is -0.130. The predicted octanol–water partition coefficient (Wildman–Crippen LogP) is -0.298. The molecule has 4 nitrogen and oxygen atoms in total. The van der Waals surface area contributed by atoms with Gasteiger partial charge in [-0.15, -0.1) is 0 Å². The maximum atomic E-state index is 10.4. The van der Waals surface area contributed by atoms with E-state index in [1.807, 2.05) is 0 Å². The maximum Gasteiger partial charge on any atom is 0.211 e. The molecule has 0 saturated heterocycles. The molecule has 0 aromatic heterocycles. The Morgan fingerprint density at radius 2 is 2.09 bits per heavy atom. The Labute approximate surface area is 66.8 Å². The predicted molar refractivity (Wildman–Crippen MR) is 41.5 cm³/mol. The van der Waals surface area contributed by atoms with Crippen LogP contribution in [0.2, 0.25) is 0 Å². The highest BCUT2D eigenvalue weighted by atomic mass is 32.2. The standard InChI is InChI=1S/C6H13NO3S/c7-11(8,9)4-3-10-5-6-1-2-6/h6H,1-5H2,(H2,7,8,9). The average molecular weight is 179 g/mol. The molecule has 1 aliphatic carbocycles. The van der Waals surface area contributed by atoms with E-state index < -0.39 is 10.0 Å². The zero-order valence-corrected chi connectivity index (χ0v) is 7.14. The highest BCUT2D eigenvalue weighted by Crippen LogP contribution is 2.28. The van der Waals surface area contributed by atoms with Crippen LogP contribution in [0.3, 0.4) is 0 Å². The van der Waals surface area contributed by atoms with Crippen molar-refractivity contribution in [3.05, 3.63) is 0 Å². The van der Waals surface area contributed by atoms with Gasteiger partial charge in [-0.05, 0) is 18.8 Å². The summed E-state index contributed by atoms with van der Waals surface area (Å²) in [4.78, 5) is 0. The topological polar surface area (TPSA) is 69.4 Å². The molecule has 1 fully saturated rings. The van der Waals surface area contributed by atoms with Crippen LogP contribution in [0.5, 0.6) is 0 Å². The highest BCUT2D eigenvalue weighted by molar-refractivity contribution is 7.89. The van der Waals surface area contributed by atoms with Gasteiger partial charge in [0.15, 0.2) is 0 Å². The number of hydrogen-bond donors (Lipinski definition) is 1. The van der Waals surface area contributed by atoms with Crippen LogP contribution in [0.4, 0.5) is 0 Å². The van der Waals surface area contributed by atoms with Crippen molar-refractivity contribution in [2.75, 3.05) is 19.0 Å². The van der Waals surface area contributed by atoms with E-state index in [1.165, 1.54) is 12.8 Å². The van der Waals surface area contributed by atoms with Crippen molar-refractivity contribution < 1.29 is 13.2 Å². The molecule has 11 heavy (non-hydrogen) atoms. The van der Waals surface area contributed by atoms with E-state index in [4.69, 9.17) is 9.88 Å². The Bertz CT molecular complexity index is 208. The van der Waals surface area contributed by atoms with Crippen LogP contribution in [-0.4, -0.2) is 27.4 Å². The zero-order valence-electron chi connectivity index (χ0n) is 6.32. The lowest BCUT2D eigenvalue weighted by Gasteiger charge is -2.00.